The van der Waals surface area contributed by atoms with Gasteiger partial charge >= 0.3 is 35.5 Å². The van der Waals surface area contributed by atoms with Crippen molar-refractivity contribution in [2.24, 2.45) is 0 Å². The average molecular weight is 192 g/mol. The Hall–Kier alpha value is -0.850. The molecule has 1 aromatic rings. The Labute approximate surface area is 95.6 Å². The number of esters is 1. The first-order valence-corrected chi connectivity index (χ1v) is 3.00. The zero-order valence-corrected chi connectivity index (χ0v) is 9.16. The summed E-state index contributed by atoms with van der Waals surface area (Å²) in [6, 6.07) is 0. The molecule has 0 radical (unpaired) electrons. The molecule has 0 aromatic carbocycles. The molecular weight excluding hydrogens is 187 g/mol. The Morgan fingerprint density at radius 3 is 2.69 bits per heavy atom. The van der Waals surface area contributed by atoms with Crippen LogP contribution in [0.5, 0.6) is 0 Å². The van der Waals surface area contributed by atoms with Crippen molar-refractivity contribution in [2.75, 3.05) is 7.11 Å². The number of carbonyl (C=O) groups is 2. The zero-order chi connectivity index (χ0) is 9.14. The van der Waals surface area contributed by atoms with Crippen molar-refractivity contribution in [3.05, 3.63) is 17.7 Å². The molecule has 0 unspecified atom stereocenters. The molecule has 0 aliphatic carbocycles. The molecule has 0 aliphatic heterocycles. The van der Waals surface area contributed by atoms with Crippen LogP contribution in [-0.4, -0.2) is 29.0 Å². The van der Waals surface area contributed by atoms with Gasteiger partial charge in [-0.15, -0.1) is 0 Å². The van der Waals surface area contributed by atoms with E-state index in [1.807, 2.05) is 0 Å². The minimum Gasteiger partial charge on any atom is -0.543 e. The number of H-pyrrole nitrogens is 1. The molecule has 64 valence electrons. The number of aromatic nitrogens is 2. The minimum atomic E-state index is -1.52. The molecule has 0 atom stereocenters. The summed E-state index contributed by atoms with van der Waals surface area (Å²) in [7, 11) is 1.14. The third-order valence-corrected chi connectivity index (χ3v) is 1.22. The molecule has 1 N–H and O–H groups in total. The number of carboxylic acids is 1. The van der Waals surface area contributed by atoms with Crippen molar-refractivity contribution in [3.63, 3.8) is 0 Å². The maximum atomic E-state index is 10.8. The van der Waals surface area contributed by atoms with Gasteiger partial charge in [-0.05, 0) is 0 Å². The van der Waals surface area contributed by atoms with Crippen LogP contribution in [0.15, 0.2) is 6.33 Å². The Morgan fingerprint density at radius 2 is 2.23 bits per heavy atom. The maximum Gasteiger partial charge on any atom is 1.00 e. The molecule has 0 aliphatic rings. The van der Waals surface area contributed by atoms with Crippen LogP contribution in [-0.2, 0) is 4.74 Å². The van der Waals surface area contributed by atoms with Gasteiger partial charge in [-0.25, -0.2) is 9.78 Å². The number of aromatic carboxylic acids is 1. The summed E-state index contributed by atoms with van der Waals surface area (Å²) in [5, 5.41) is 10.3. The Morgan fingerprint density at radius 1 is 1.62 bits per heavy atom. The normalized spacial score (nSPS) is 8.69. The third kappa shape index (κ3) is 2.55. The average Bonchev–Trinajstić information content (AvgIpc) is 2.50. The fourth-order valence-corrected chi connectivity index (χ4v) is 0.707. The molecule has 0 spiro atoms. The number of hydrogen-bond acceptors (Lipinski definition) is 5. The molecule has 0 fully saturated rings. The van der Waals surface area contributed by atoms with Crippen molar-refractivity contribution >= 4 is 11.9 Å². The largest absolute Gasteiger partial charge is 1.00 e. The Kier molecular flexibility index (Phi) is 4.68. The van der Waals surface area contributed by atoms with E-state index in [2.05, 4.69) is 14.7 Å². The van der Waals surface area contributed by atoms with E-state index in [1.165, 1.54) is 0 Å². The van der Waals surface area contributed by atoms with E-state index in [1.54, 1.807) is 0 Å². The Bertz CT molecular complexity index is 322. The van der Waals surface area contributed by atoms with Crippen LogP contribution in [0.1, 0.15) is 21.0 Å². The number of carboxylic acid groups (broad SMARTS) is 1. The number of aromatic amines is 1. The predicted octanol–water partition coefficient (Wildman–Crippen LogP) is -4.44. The number of ether oxygens (including phenoxy) is 1. The van der Waals surface area contributed by atoms with E-state index in [9.17, 15) is 14.7 Å². The van der Waals surface area contributed by atoms with Crippen molar-refractivity contribution in [1.29, 1.82) is 0 Å². The summed E-state index contributed by atoms with van der Waals surface area (Å²) in [5.41, 5.74) is -0.653. The van der Waals surface area contributed by atoms with Crippen LogP contribution in [0.4, 0.5) is 0 Å². The number of rotatable bonds is 2. The molecule has 6 nitrogen and oxygen atoms in total. The second-order valence-corrected chi connectivity index (χ2v) is 1.91. The second-order valence-electron chi connectivity index (χ2n) is 1.91. The number of carbonyl (C=O) groups excluding carboxylic acids is 2. The summed E-state index contributed by atoms with van der Waals surface area (Å²) >= 11 is 0. The van der Waals surface area contributed by atoms with Gasteiger partial charge in [0, 0.05) is 0 Å². The predicted molar refractivity (Wildman–Crippen MR) is 34.3 cm³/mol. The van der Waals surface area contributed by atoms with Crippen molar-refractivity contribution in [1.82, 2.24) is 9.97 Å². The first-order chi connectivity index (χ1) is 5.66. The van der Waals surface area contributed by atoms with Gasteiger partial charge in [-0.1, -0.05) is 0 Å². The van der Waals surface area contributed by atoms with Gasteiger partial charge in [0.15, 0.2) is 5.69 Å². The third-order valence-electron chi connectivity index (χ3n) is 1.22. The molecule has 0 bridgehead atoms. The number of methoxy groups -OCH3 is 1. The summed E-state index contributed by atoms with van der Waals surface area (Å²) in [5.74, 6) is -2.30. The van der Waals surface area contributed by atoms with E-state index >= 15 is 0 Å². The number of nitrogens with one attached hydrogen (secondary N) is 1. The standard InChI is InChI=1S/C6H6N2O4.Na/c1-12-6(11)4-3(5(9)10)7-2-8-4;/h2H,1H3,(H,7,8)(H,9,10);/q;+1/p-1. The van der Waals surface area contributed by atoms with E-state index in [0.29, 0.717) is 0 Å². The van der Waals surface area contributed by atoms with Gasteiger partial charge in [-0.2, -0.15) is 0 Å². The van der Waals surface area contributed by atoms with Crippen molar-refractivity contribution in [3.8, 4) is 0 Å². The maximum absolute atomic E-state index is 10.8. The van der Waals surface area contributed by atoms with Crippen LogP contribution in [0, 0.1) is 0 Å². The molecule has 1 heterocycles. The topological polar surface area (TPSA) is 95.1 Å². The molecule has 0 amide bonds. The zero-order valence-electron chi connectivity index (χ0n) is 7.16. The number of hydrogen-bond donors (Lipinski definition) is 1. The fraction of sp³-hybridized carbons (Fsp3) is 0.167. The first-order valence-electron chi connectivity index (χ1n) is 3.00. The van der Waals surface area contributed by atoms with Crippen LogP contribution >= 0.6 is 0 Å². The summed E-state index contributed by atoms with van der Waals surface area (Å²) in [6.45, 7) is 0. The second kappa shape index (κ2) is 5.00. The van der Waals surface area contributed by atoms with E-state index < -0.39 is 17.6 Å². The smallest absolute Gasteiger partial charge is 0.543 e. The van der Waals surface area contributed by atoms with Crippen LogP contribution < -0.4 is 34.7 Å². The molecule has 1 aromatic heterocycles. The van der Waals surface area contributed by atoms with Gasteiger partial charge < -0.3 is 19.6 Å². The quantitative estimate of drug-likeness (QED) is 0.377. The van der Waals surface area contributed by atoms with Crippen molar-refractivity contribution in [2.45, 2.75) is 0 Å². The monoisotopic (exact) mass is 192 g/mol. The van der Waals surface area contributed by atoms with Crippen LogP contribution in [0.25, 0.3) is 0 Å². The SMILES string of the molecule is COC(=O)c1[nH]cnc1C(=O)[O-].[Na+]. The van der Waals surface area contributed by atoms with E-state index in [-0.39, 0.29) is 35.3 Å². The van der Waals surface area contributed by atoms with Gasteiger partial charge in [0.1, 0.15) is 5.69 Å². The summed E-state index contributed by atoms with van der Waals surface area (Å²) in [6.07, 6.45) is 1.08. The van der Waals surface area contributed by atoms with Gasteiger partial charge in [-0.3, -0.25) is 0 Å². The number of nitrogens with zero attached hydrogens (tertiary/aromatic N) is 1. The van der Waals surface area contributed by atoms with Gasteiger partial charge in [0.05, 0.1) is 19.4 Å². The van der Waals surface area contributed by atoms with Crippen LogP contribution in [0.2, 0.25) is 0 Å². The molecule has 0 saturated carbocycles. The van der Waals surface area contributed by atoms with E-state index in [0.717, 1.165) is 13.4 Å². The molecule has 0 saturated heterocycles. The van der Waals surface area contributed by atoms with Gasteiger partial charge in [0.25, 0.3) is 0 Å². The van der Waals surface area contributed by atoms with Crippen molar-refractivity contribution < 1.29 is 49.0 Å². The minimum absolute atomic E-state index is 0. The summed E-state index contributed by atoms with van der Waals surface area (Å²) < 4.78 is 4.28. The summed E-state index contributed by atoms with van der Waals surface area (Å²) in [4.78, 5) is 26.8. The molecule has 7 heteroatoms. The number of imidazole rings is 1. The first kappa shape index (κ1) is 12.2. The fourth-order valence-electron chi connectivity index (χ4n) is 0.707. The van der Waals surface area contributed by atoms with E-state index in [4.69, 9.17) is 0 Å². The van der Waals surface area contributed by atoms with Crippen LogP contribution in [0.3, 0.4) is 0 Å². The molecular formula is C6H5N2NaO4. The Balaban J connectivity index is 0.00000144. The molecule has 13 heavy (non-hydrogen) atoms. The molecule has 1 rings (SSSR count). The van der Waals surface area contributed by atoms with Gasteiger partial charge in [0.2, 0.25) is 0 Å².